The molecule has 0 spiro atoms. The highest BCUT2D eigenvalue weighted by Crippen LogP contribution is 2.30. The molecule has 0 saturated heterocycles. The molecule has 0 radical (unpaired) electrons. The number of para-hydroxylation sites is 1. The van der Waals surface area contributed by atoms with Gasteiger partial charge in [-0.3, -0.25) is 0 Å². The maximum absolute atomic E-state index is 12.6. The summed E-state index contributed by atoms with van der Waals surface area (Å²) >= 11 is 6.07. The van der Waals surface area contributed by atoms with Crippen molar-refractivity contribution in [2.24, 2.45) is 11.8 Å². The smallest absolute Gasteiger partial charge is 0.242 e. The Morgan fingerprint density at radius 2 is 1.54 bits per heavy atom. The van der Waals surface area contributed by atoms with Crippen LogP contribution in [-0.4, -0.2) is 37.0 Å². The van der Waals surface area contributed by atoms with Crippen LogP contribution in [0.25, 0.3) is 10.9 Å². The largest absolute Gasteiger partial charge is 0.365 e. The summed E-state index contributed by atoms with van der Waals surface area (Å²) in [7, 11) is -3.60. The van der Waals surface area contributed by atoms with Gasteiger partial charge in [-0.1, -0.05) is 35.9 Å². The van der Waals surface area contributed by atoms with Gasteiger partial charge in [-0.2, -0.15) is 4.98 Å². The molecule has 1 aromatic heterocycles. The Morgan fingerprint density at radius 3 is 2.23 bits per heavy atom. The van der Waals surface area contributed by atoms with Gasteiger partial charge in [0.2, 0.25) is 16.0 Å². The van der Waals surface area contributed by atoms with Crippen LogP contribution in [0.15, 0.2) is 53.4 Å². The monoisotopic (exact) mass is 515 g/mol. The molecule has 1 heterocycles. The first kappa shape index (κ1) is 25.7. The van der Waals surface area contributed by atoms with E-state index in [0.717, 1.165) is 48.9 Å². The van der Waals surface area contributed by atoms with Gasteiger partial charge in [0.15, 0.2) is 0 Å². The van der Waals surface area contributed by atoms with E-state index >= 15 is 0 Å². The van der Waals surface area contributed by atoms with Gasteiger partial charge in [0, 0.05) is 24.0 Å². The van der Waals surface area contributed by atoms with Crippen LogP contribution in [0.5, 0.6) is 0 Å². The lowest BCUT2D eigenvalue weighted by molar-refractivity contribution is 0.284. The van der Waals surface area contributed by atoms with Gasteiger partial charge in [-0.05, 0) is 82.6 Å². The number of hydrogen-bond acceptors (Lipinski definition) is 6. The maximum atomic E-state index is 12.6. The van der Waals surface area contributed by atoms with Crippen LogP contribution >= 0.6 is 11.6 Å². The zero-order valence-corrected chi connectivity index (χ0v) is 22.1. The number of halogens is 1. The Morgan fingerprint density at radius 1 is 0.914 bits per heavy atom. The van der Waals surface area contributed by atoms with E-state index in [1.165, 1.54) is 6.07 Å². The summed E-state index contributed by atoms with van der Waals surface area (Å²) < 4.78 is 27.9. The highest BCUT2D eigenvalue weighted by Gasteiger charge is 2.24. The number of benzene rings is 2. The summed E-state index contributed by atoms with van der Waals surface area (Å²) in [5, 5.41) is 8.19. The fourth-order valence-corrected chi connectivity index (χ4v) is 6.08. The standard InChI is InChI=1S/C26H34ClN5O2S/c1-26(2,3)32-24-20-8-4-6-10-22(20)30-25(31-24)28-16-18-12-14-19(15-13-18)17-29-35(33,34)23-11-7-5-9-21(23)27/h4-11,18-19,29H,12-17H2,1-3H3,(H2,28,30,31,32)/t18-,19-. The zero-order valence-electron chi connectivity index (χ0n) is 20.5. The summed E-state index contributed by atoms with van der Waals surface area (Å²) in [6, 6.07) is 14.6. The number of nitrogens with zero attached hydrogens (tertiary/aromatic N) is 2. The van der Waals surface area contributed by atoms with Crippen LogP contribution in [0.4, 0.5) is 11.8 Å². The summed E-state index contributed by atoms with van der Waals surface area (Å²) in [5.41, 5.74) is 0.798. The minimum Gasteiger partial charge on any atom is -0.365 e. The van der Waals surface area contributed by atoms with Crippen molar-refractivity contribution in [2.75, 3.05) is 23.7 Å². The first-order chi connectivity index (χ1) is 16.6. The number of aromatic nitrogens is 2. The molecule has 2 aromatic carbocycles. The van der Waals surface area contributed by atoms with Crippen molar-refractivity contribution in [3.63, 3.8) is 0 Å². The van der Waals surface area contributed by atoms with Crippen molar-refractivity contribution in [3.8, 4) is 0 Å². The van der Waals surface area contributed by atoms with Gasteiger partial charge in [0.25, 0.3) is 0 Å². The summed E-state index contributed by atoms with van der Waals surface area (Å²) in [6.45, 7) is 7.58. The van der Waals surface area contributed by atoms with Gasteiger partial charge < -0.3 is 10.6 Å². The third kappa shape index (κ3) is 6.84. The topological polar surface area (TPSA) is 96.0 Å². The van der Waals surface area contributed by atoms with Crippen LogP contribution in [0.3, 0.4) is 0 Å². The molecular formula is C26H34ClN5O2S. The molecule has 188 valence electrons. The molecule has 0 bridgehead atoms. The minimum absolute atomic E-state index is 0.111. The van der Waals surface area contributed by atoms with Crippen LogP contribution in [0, 0.1) is 11.8 Å². The Labute approximate surface area is 213 Å². The highest BCUT2D eigenvalue weighted by atomic mass is 35.5. The molecule has 0 amide bonds. The fraction of sp³-hybridized carbons (Fsp3) is 0.462. The zero-order chi connectivity index (χ0) is 25.1. The molecule has 35 heavy (non-hydrogen) atoms. The second-order valence-corrected chi connectivity index (χ2v) is 12.5. The number of nitrogens with one attached hydrogen (secondary N) is 3. The molecule has 1 aliphatic rings. The molecule has 9 heteroatoms. The Balaban J connectivity index is 1.31. The molecule has 4 rings (SSSR count). The van der Waals surface area contributed by atoms with Gasteiger partial charge >= 0.3 is 0 Å². The van der Waals surface area contributed by atoms with E-state index in [-0.39, 0.29) is 15.5 Å². The van der Waals surface area contributed by atoms with E-state index in [0.29, 0.717) is 24.3 Å². The van der Waals surface area contributed by atoms with Crippen molar-refractivity contribution in [2.45, 2.75) is 56.9 Å². The Kier molecular flexibility index (Phi) is 7.83. The Hall–Kier alpha value is -2.42. The molecule has 1 saturated carbocycles. The molecule has 7 nitrogen and oxygen atoms in total. The Bertz CT molecular complexity index is 1270. The fourth-order valence-electron chi connectivity index (χ4n) is 4.45. The molecule has 3 aromatic rings. The number of sulfonamides is 1. The molecule has 0 aliphatic heterocycles. The number of fused-ring (bicyclic) bond motifs is 1. The van der Waals surface area contributed by atoms with Crippen molar-refractivity contribution >= 4 is 44.3 Å². The average Bonchev–Trinajstić information content (AvgIpc) is 2.81. The predicted molar refractivity (Wildman–Crippen MR) is 143 cm³/mol. The second kappa shape index (κ2) is 10.7. The molecule has 1 aliphatic carbocycles. The lowest BCUT2D eigenvalue weighted by Gasteiger charge is -2.29. The van der Waals surface area contributed by atoms with Crippen LogP contribution < -0.4 is 15.4 Å². The molecular weight excluding hydrogens is 482 g/mol. The minimum atomic E-state index is -3.60. The van der Waals surface area contributed by atoms with Crippen molar-refractivity contribution in [1.29, 1.82) is 0 Å². The van der Waals surface area contributed by atoms with Crippen LogP contribution in [-0.2, 0) is 10.0 Å². The summed E-state index contributed by atoms with van der Waals surface area (Å²) in [6.07, 6.45) is 4.03. The average molecular weight is 516 g/mol. The van der Waals surface area contributed by atoms with Gasteiger partial charge in [0.1, 0.15) is 10.7 Å². The van der Waals surface area contributed by atoms with Crippen molar-refractivity contribution in [3.05, 3.63) is 53.6 Å². The third-order valence-corrected chi connectivity index (χ3v) is 8.22. The summed E-state index contributed by atoms with van der Waals surface area (Å²) in [4.78, 5) is 9.60. The van der Waals surface area contributed by atoms with Crippen molar-refractivity contribution in [1.82, 2.24) is 14.7 Å². The predicted octanol–water partition coefficient (Wildman–Crippen LogP) is 5.69. The van der Waals surface area contributed by atoms with E-state index in [1.54, 1.807) is 18.2 Å². The van der Waals surface area contributed by atoms with E-state index in [9.17, 15) is 8.42 Å². The summed E-state index contributed by atoms with van der Waals surface area (Å²) in [5.74, 6) is 2.29. The normalized spacial score (nSPS) is 19.0. The molecule has 0 atom stereocenters. The second-order valence-electron chi connectivity index (χ2n) is 10.3. The van der Waals surface area contributed by atoms with Gasteiger partial charge in [0.05, 0.1) is 10.5 Å². The molecule has 0 unspecified atom stereocenters. The van der Waals surface area contributed by atoms with Crippen molar-refractivity contribution < 1.29 is 8.42 Å². The number of hydrogen-bond donors (Lipinski definition) is 3. The number of anilines is 2. The maximum Gasteiger partial charge on any atom is 0.242 e. The molecule has 1 fully saturated rings. The number of rotatable bonds is 8. The van der Waals surface area contributed by atoms with Gasteiger partial charge in [-0.25, -0.2) is 18.1 Å². The lowest BCUT2D eigenvalue weighted by atomic mass is 9.82. The van der Waals surface area contributed by atoms with Crippen LogP contribution in [0.2, 0.25) is 5.02 Å². The molecule has 3 N–H and O–H groups in total. The third-order valence-electron chi connectivity index (χ3n) is 6.30. The first-order valence-corrected chi connectivity index (χ1v) is 14.0. The SMILES string of the molecule is CC(C)(C)Nc1nc(NC[C@H]2CC[C@H](CNS(=O)(=O)c3ccccc3Cl)CC2)nc2ccccc12. The quantitative estimate of drug-likeness (QED) is 0.356. The highest BCUT2D eigenvalue weighted by molar-refractivity contribution is 7.89. The van der Waals surface area contributed by atoms with E-state index in [2.05, 4.69) is 36.1 Å². The van der Waals surface area contributed by atoms with E-state index in [4.69, 9.17) is 21.6 Å². The van der Waals surface area contributed by atoms with Gasteiger partial charge in [-0.15, -0.1) is 0 Å². The van der Waals surface area contributed by atoms with E-state index < -0.39 is 10.0 Å². The van der Waals surface area contributed by atoms with Crippen LogP contribution in [0.1, 0.15) is 46.5 Å². The lowest BCUT2D eigenvalue weighted by Crippen LogP contribution is -2.32. The first-order valence-electron chi connectivity index (χ1n) is 12.1. The van der Waals surface area contributed by atoms with E-state index in [1.807, 2.05) is 24.3 Å².